The van der Waals surface area contributed by atoms with Gasteiger partial charge in [0, 0.05) is 35.8 Å². The zero-order valence-corrected chi connectivity index (χ0v) is 14.0. The van der Waals surface area contributed by atoms with Crippen LogP contribution in [-0.2, 0) is 11.2 Å². The highest BCUT2D eigenvalue weighted by molar-refractivity contribution is 7.11. The fourth-order valence-corrected chi connectivity index (χ4v) is 3.78. The molecule has 1 unspecified atom stereocenters. The summed E-state index contributed by atoms with van der Waals surface area (Å²) < 4.78 is 0. The lowest BCUT2D eigenvalue weighted by molar-refractivity contribution is -0.129. The smallest absolute Gasteiger partial charge is 0.227 e. The number of likely N-dealkylation sites (tertiary alicyclic amines) is 1. The Morgan fingerprint density at radius 3 is 2.86 bits per heavy atom. The van der Waals surface area contributed by atoms with Gasteiger partial charge in [-0.1, -0.05) is 0 Å². The zero-order valence-electron chi connectivity index (χ0n) is 13.2. The van der Waals surface area contributed by atoms with Crippen LogP contribution in [0.4, 0.5) is 0 Å². The lowest BCUT2D eigenvalue weighted by Gasteiger charge is -2.16. The molecule has 0 radical (unpaired) electrons. The number of carbonyl (C=O) groups excluding carboxylic acids is 1. The zero-order chi connectivity index (χ0) is 15.7. The molecular formula is C16H20N4OS. The largest absolute Gasteiger partial charge is 0.342 e. The molecule has 1 fully saturated rings. The summed E-state index contributed by atoms with van der Waals surface area (Å²) in [7, 11) is 0. The molecule has 5 nitrogen and oxygen atoms in total. The van der Waals surface area contributed by atoms with Gasteiger partial charge in [0.05, 0.1) is 17.1 Å². The highest BCUT2D eigenvalue weighted by atomic mass is 32.1. The third kappa shape index (κ3) is 3.16. The van der Waals surface area contributed by atoms with Crippen LogP contribution in [-0.4, -0.2) is 38.8 Å². The lowest BCUT2D eigenvalue weighted by atomic mass is 10.1. The van der Waals surface area contributed by atoms with E-state index in [1.54, 1.807) is 17.5 Å². The molecule has 0 aliphatic carbocycles. The van der Waals surface area contributed by atoms with Gasteiger partial charge in [0.15, 0.2) is 0 Å². The number of carbonyl (C=O) groups is 1. The van der Waals surface area contributed by atoms with Gasteiger partial charge in [-0.25, -0.2) is 15.0 Å². The Hall–Kier alpha value is -1.82. The second-order valence-corrected chi connectivity index (χ2v) is 7.09. The first kappa shape index (κ1) is 15.1. The Morgan fingerprint density at radius 1 is 1.36 bits per heavy atom. The average molecular weight is 316 g/mol. The van der Waals surface area contributed by atoms with Crippen molar-refractivity contribution in [1.82, 2.24) is 19.9 Å². The van der Waals surface area contributed by atoms with Crippen molar-refractivity contribution in [2.75, 3.05) is 13.1 Å². The van der Waals surface area contributed by atoms with Gasteiger partial charge in [-0.05, 0) is 33.3 Å². The van der Waals surface area contributed by atoms with Crippen LogP contribution in [0.1, 0.15) is 39.4 Å². The molecule has 6 heteroatoms. The molecule has 2 aromatic heterocycles. The predicted octanol–water partition coefficient (Wildman–Crippen LogP) is 2.42. The topological polar surface area (TPSA) is 59.0 Å². The van der Waals surface area contributed by atoms with E-state index in [9.17, 15) is 4.79 Å². The summed E-state index contributed by atoms with van der Waals surface area (Å²) in [6.45, 7) is 7.43. The maximum absolute atomic E-state index is 12.5. The van der Waals surface area contributed by atoms with Crippen molar-refractivity contribution in [2.24, 2.45) is 0 Å². The van der Waals surface area contributed by atoms with E-state index in [1.807, 2.05) is 31.7 Å². The summed E-state index contributed by atoms with van der Waals surface area (Å²) >= 11 is 1.62. The number of hydrogen-bond donors (Lipinski definition) is 0. The van der Waals surface area contributed by atoms with Crippen molar-refractivity contribution in [3.8, 4) is 0 Å². The molecule has 3 rings (SSSR count). The monoisotopic (exact) mass is 316 g/mol. The molecule has 0 aromatic carbocycles. The molecule has 1 amide bonds. The summed E-state index contributed by atoms with van der Waals surface area (Å²) in [5, 5.41) is 1.02. The second-order valence-electron chi connectivity index (χ2n) is 5.80. The van der Waals surface area contributed by atoms with E-state index in [0.717, 1.165) is 46.6 Å². The van der Waals surface area contributed by atoms with Gasteiger partial charge < -0.3 is 4.90 Å². The molecule has 2 aromatic rings. The second kappa shape index (κ2) is 6.12. The van der Waals surface area contributed by atoms with E-state index in [1.165, 1.54) is 0 Å². The predicted molar refractivity (Wildman–Crippen MR) is 86.0 cm³/mol. The van der Waals surface area contributed by atoms with Crippen LogP contribution < -0.4 is 0 Å². The number of rotatable bonds is 3. The molecule has 0 bridgehead atoms. The van der Waals surface area contributed by atoms with Gasteiger partial charge in [-0.2, -0.15) is 0 Å². The summed E-state index contributed by atoms with van der Waals surface area (Å²) in [6.07, 6.45) is 3.19. The van der Waals surface area contributed by atoms with Crippen LogP contribution in [0.25, 0.3) is 0 Å². The van der Waals surface area contributed by atoms with Crippen molar-refractivity contribution >= 4 is 17.2 Å². The number of aromatic nitrogens is 3. The molecular weight excluding hydrogens is 296 g/mol. The first-order valence-electron chi connectivity index (χ1n) is 7.53. The molecule has 22 heavy (non-hydrogen) atoms. The van der Waals surface area contributed by atoms with Crippen LogP contribution in [0.2, 0.25) is 0 Å². The standard InChI is InChI=1S/C16H20N4OS/c1-10-4-6-17-16(18-10)13-5-7-20(9-13)15(21)8-14-11(2)19-12(3)22-14/h4,6,13H,5,7-9H2,1-3H3. The molecule has 1 atom stereocenters. The van der Waals surface area contributed by atoms with Crippen molar-refractivity contribution in [3.05, 3.63) is 39.4 Å². The maximum atomic E-state index is 12.5. The summed E-state index contributed by atoms with van der Waals surface area (Å²) in [4.78, 5) is 28.7. The fourth-order valence-electron chi connectivity index (χ4n) is 2.85. The minimum absolute atomic E-state index is 0.182. The van der Waals surface area contributed by atoms with Crippen molar-refractivity contribution in [1.29, 1.82) is 0 Å². The number of thiazole rings is 1. The number of aryl methyl sites for hydroxylation is 3. The van der Waals surface area contributed by atoms with E-state index >= 15 is 0 Å². The number of amides is 1. The Bertz CT molecular complexity index is 697. The summed E-state index contributed by atoms with van der Waals surface area (Å²) in [5.74, 6) is 1.30. The van der Waals surface area contributed by atoms with Crippen LogP contribution in [0.3, 0.4) is 0 Å². The molecule has 0 spiro atoms. The summed E-state index contributed by atoms with van der Waals surface area (Å²) in [6, 6.07) is 1.90. The third-order valence-electron chi connectivity index (χ3n) is 4.03. The van der Waals surface area contributed by atoms with Crippen molar-refractivity contribution < 1.29 is 4.79 Å². The highest BCUT2D eigenvalue weighted by Gasteiger charge is 2.29. The lowest BCUT2D eigenvalue weighted by Crippen LogP contribution is -2.30. The van der Waals surface area contributed by atoms with Crippen LogP contribution in [0.15, 0.2) is 12.3 Å². The van der Waals surface area contributed by atoms with Crippen molar-refractivity contribution in [2.45, 2.75) is 39.5 Å². The average Bonchev–Trinajstić information content (AvgIpc) is 3.06. The van der Waals surface area contributed by atoms with Gasteiger partial charge in [0.2, 0.25) is 5.91 Å². The fraction of sp³-hybridized carbons (Fsp3) is 0.500. The minimum Gasteiger partial charge on any atom is -0.342 e. The first-order valence-corrected chi connectivity index (χ1v) is 8.35. The molecule has 116 valence electrons. The van der Waals surface area contributed by atoms with Gasteiger partial charge in [-0.15, -0.1) is 11.3 Å². The van der Waals surface area contributed by atoms with Crippen LogP contribution >= 0.6 is 11.3 Å². The van der Waals surface area contributed by atoms with E-state index in [4.69, 9.17) is 0 Å². The first-order chi connectivity index (χ1) is 10.5. The molecule has 1 aliphatic rings. The maximum Gasteiger partial charge on any atom is 0.227 e. The highest BCUT2D eigenvalue weighted by Crippen LogP contribution is 2.26. The van der Waals surface area contributed by atoms with Crippen molar-refractivity contribution in [3.63, 3.8) is 0 Å². The third-order valence-corrected chi connectivity index (χ3v) is 5.10. The molecule has 1 aliphatic heterocycles. The Labute approximate surface area is 134 Å². The van der Waals surface area contributed by atoms with Gasteiger partial charge in [0.1, 0.15) is 5.82 Å². The van der Waals surface area contributed by atoms with Crippen LogP contribution in [0, 0.1) is 20.8 Å². The van der Waals surface area contributed by atoms with Crippen LogP contribution in [0.5, 0.6) is 0 Å². The Morgan fingerprint density at radius 2 is 2.18 bits per heavy atom. The molecule has 3 heterocycles. The molecule has 0 saturated carbocycles. The van der Waals surface area contributed by atoms with E-state index in [2.05, 4.69) is 15.0 Å². The molecule has 1 saturated heterocycles. The SMILES string of the molecule is Cc1ccnc(C2CCN(C(=O)Cc3sc(C)nc3C)C2)n1. The van der Waals surface area contributed by atoms with Gasteiger partial charge >= 0.3 is 0 Å². The quantitative estimate of drug-likeness (QED) is 0.872. The minimum atomic E-state index is 0.182. The number of hydrogen-bond acceptors (Lipinski definition) is 5. The Balaban J connectivity index is 1.65. The van der Waals surface area contributed by atoms with Gasteiger partial charge in [0.25, 0.3) is 0 Å². The van der Waals surface area contributed by atoms with E-state index < -0.39 is 0 Å². The van der Waals surface area contributed by atoms with E-state index in [-0.39, 0.29) is 11.8 Å². The normalized spacial score (nSPS) is 18.0. The molecule has 0 N–H and O–H groups in total. The van der Waals surface area contributed by atoms with Gasteiger partial charge in [-0.3, -0.25) is 4.79 Å². The summed E-state index contributed by atoms with van der Waals surface area (Å²) in [5.41, 5.74) is 1.96. The van der Waals surface area contributed by atoms with E-state index in [0.29, 0.717) is 6.42 Å². The Kier molecular flexibility index (Phi) is 4.20. The number of nitrogens with zero attached hydrogens (tertiary/aromatic N) is 4.